The number of carbonyl (C=O) groups excluding carboxylic acids is 1. The minimum absolute atomic E-state index is 0.190. The molecule has 4 heteroatoms. The Morgan fingerprint density at radius 1 is 1.16 bits per heavy atom. The first-order chi connectivity index (χ1) is 9.08. The van der Waals surface area contributed by atoms with Gasteiger partial charge in [-0.25, -0.2) is 0 Å². The molecule has 4 nitrogen and oxygen atoms in total. The lowest BCUT2D eigenvalue weighted by Gasteiger charge is -2.29. The molecule has 1 saturated heterocycles. The van der Waals surface area contributed by atoms with E-state index in [1.54, 1.807) is 0 Å². The highest BCUT2D eigenvalue weighted by molar-refractivity contribution is 5.76. The fourth-order valence-corrected chi connectivity index (χ4v) is 2.56. The second-order valence-corrected chi connectivity index (χ2v) is 6.04. The number of hydrogen-bond donors (Lipinski definition) is 2. The van der Waals surface area contributed by atoms with Gasteiger partial charge >= 0.3 is 0 Å². The minimum Gasteiger partial charge on any atom is -0.352 e. The van der Waals surface area contributed by atoms with Crippen LogP contribution < -0.4 is 10.6 Å². The number of hydrogen-bond acceptors (Lipinski definition) is 3. The molecule has 19 heavy (non-hydrogen) atoms. The molecule has 1 unspecified atom stereocenters. The number of nitrogens with zero attached hydrogens (tertiary/aromatic N) is 1. The molecular weight excluding hydrogens is 238 g/mol. The summed E-state index contributed by atoms with van der Waals surface area (Å²) in [7, 11) is 0. The third-order valence-corrected chi connectivity index (χ3v) is 3.52. The first kappa shape index (κ1) is 16.4. The lowest BCUT2D eigenvalue weighted by atomic mass is 10.1. The van der Waals surface area contributed by atoms with Gasteiger partial charge in [0.15, 0.2) is 0 Å². The van der Waals surface area contributed by atoms with Gasteiger partial charge < -0.3 is 15.5 Å². The SMILES string of the molecule is CC(C)NCCCC(=O)NC(C)CN1CCCCC1. The Balaban J connectivity index is 2.06. The van der Waals surface area contributed by atoms with Crippen molar-refractivity contribution in [2.24, 2.45) is 0 Å². The summed E-state index contributed by atoms with van der Waals surface area (Å²) in [5.41, 5.74) is 0. The van der Waals surface area contributed by atoms with Crippen LogP contribution in [0.25, 0.3) is 0 Å². The summed E-state index contributed by atoms with van der Waals surface area (Å²) in [5.74, 6) is 0.190. The van der Waals surface area contributed by atoms with Crippen molar-refractivity contribution in [1.82, 2.24) is 15.5 Å². The summed E-state index contributed by atoms with van der Waals surface area (Å²) >= 11 is 0. The monoisotopic (exact) mass is 269 g/mol. The van der Waals surface area contributed by atoms with Gasteiger partial charge in [-0.05, 0) is 45.8 Å². The van der Waals surface area contributed by atoms with Gasteiger partial charge in [-0.3, -0.25) is 4.79 Å². The van der Waals surface area contributed by atoms with Crippen LogP contribution in [0, 0.1) is 0 Å². The quantitative estimate of drug-likeness (QED) is 0.660. The highest BCUT2D eigenvalue weighted by Crippen LogP contribution is 2.08. The Morgan fingerprint density at radius 3 is 2.47 bits per heavy atom. The smallest absolute Gasteiger partial charge is 0.220 e. The summed E-state index contributed by atoms with van der Waals surface area (Å²) in [6.07, 6.45) is 5.52. The number of carbonyl (C=O) groups is 1. The van der Waals surface area contributed by atoms with E-state index < -0.39 is 0 Å². The lowest BCUT2D eigenvalue weighted by Crippen LogP contribution is -2.43. The molecule has 0 aliphatic carbocycles. The topological polar surface area (TPSA) is 44.4 Å². The van der Waals surface area contributed by atoms with Crippen LogP contribution >= 0.6 is 0 Å². The average molecular weight is 269 g/mol. The molecule has 0 aromatic heterocycles. The molecule has 0 aromatic rings. The first-order valence-corrected chi connectivity index (χ1v) is 7.83. The third-order valence-electron chi connectivity index (χ3n) is 3.52. The van der Waals surface area contributed by atoms with E-state index in [9.17, 15) is 4.79 Å². The molecule has 0 aromatic carbocycles. The maximum absolute atomic E-state index is 11.8. The molecule has 0 bridgehead atoms. The van der Waals surface area contributed by atoms with Gasteiger partial charge in [0.25, 0.3) is 0 Å². The number of likely N-dealkylation sites (tertiary alicyclic amines) is 1. The van der Waals surface area contributed by atoms with Crippen molar-refractivity contribution >= 4 is 5.91 Å². The molecule has 0 spiro atoms. The molecule has 1 aliphatic heterocycles. The highest BCUT2D eigenvalue weighted by atomic mass is 16.1. The van der Waals surface area contributed by atoms with Crippen molar-refractivity contribution in [1.29, 1.82) is 0 Å². The Hall–Kier alpha value is -0.610. The van der Waals surface area contributed by atoms with Crippen LogP contribution in [-0.2, 0) is 4.79 Å². The zero-order chi connectivity index (χ0) is 14.1. The molecule has 2 N–H and O–H groups in total. The summed E-state index contributed by atoms with van der Waals surface area (Å²) < 4.78 is 0. The lowest BCUT2D eigenvalue weighted by molar-refractivity contribution is -0.121. The van der Waals surface area contributed by atoms with Crippen molar-refractivity contribution in [3.8, 4) is 0 Å². The molecule has 0 radical (unpaired) electrons. The Kier molecular flexibility index (Phi) is 8.07. The van der Waals surface area contributed by atoms with Crippen LogP contribution in [0.2, 0.25) is 0 Å². The van der Waals surface area contributed by atoms with Crippen LogP contribution in [0.4, 0.5) is 0 Å². The summed E-state index contributed by atoms with van der Waals surface area (Å²) in [6, 6.07) is 0.768. The summed E-state index contributed by atoms with van der Waals surface area (Å²) in [6.45, 7) is 10.7. The molecule has 1 amide bonds. The van der Waals surface area contributed by atoms with Gasteiger partial charge in [-0.15, -0.1) is 0 Å². The standard InChI is InChI=1S/C15H31N3O/c1-13(2)16-9-7-8-15(19)17-14(3)12-18-10-5-4-6-11-18/h13-14,16H,4-12H2,1-3H3,(H,17,19). The Labute approximate surface area is 118 Å². The van der Waals surface area contributed by atoms with Crippen molar-refractivity contribution in [2.75, 3.05) is 26.2 Å². The van der Waals surface area contributed by atoms with Gasteiger partial charge in [-0.1, -0.05) is 20.3 Å². The van der Waals surface area contributed by atoms with E-state index in [1.807, 2.05) is 0 Å². The molecule has 112 valence electrons. The molecule has 1 aliphatic rings. The van der Waals surface area contributed by atoms with E-state index in [2.05, 4.69) is 36.3 Å². The molecular formula is C15H31N3O. The normalized spacial score (nSPS) is 18.5. The summed E-state index contributed by atoms with van der Waals surface area (Å²) in [4.78, 5) is 14.2. The van der Waals surface area contributed by atoms with E-state index in [1.165, 1.54) is 32.4 Å². The molecule has 1 rings (SSSR count). The zero-order valence-corrected chi connectivity index (χ0v) is 12.9. The van der Waals surface area contributed by atoms with Gasteiger partial charge in [-0.2, -0.15) is 0 Å². The van der Waals surface area contributed by atoms with E-state index in [4.69, 9.17) is 0 Å². The fraction of sp³-hybridized carbons (Fsp3) is 0.933. The first-order valence-electron chi connectivity index (χ1n) is 7.83. The maximum Gasteiger partial charge on any atom is 0.220 e. The third kappa shape index (κ3) is 8.22. The van der Waals surface area contributed by atoms with Crippen LogP contribution in [0.3, 0.4) is 0 Å². The number of rotatable bonds is 8. The number of piperidine rings is 1. The zero-order valence-electron chi connectivity index (χ0n) is 12.9. The maximum atomic E-state index is 11.8. The van der Waals surface area contributed by atoms with Crippen LogP contribution in [0.1, 0.15) is 52.9 Å². The predicted molar refractivity (Wildman–Crippen MR) is 80.3 cm³/mol. The van der Waals surface area contributed by atoms with Crippen LogP contribution in [-0.4, -0.2) is 49.1 Å². The number of nitrogens with one attached hydrogen (secondary N) is 2. The average Bonchev–Trinajstić information content (AvgIpc) is 2.35. The van der Waals surface area contributed by atoms with Crippen molar-refractivity contribution in [3.05, 3.63) is 0 Å². The second kappa shape index (κ2) is 9.32. The van der Waals surface area contributed by atoms with E-state index in [0.717, 1.165) is 19.5 Å². The van der Waals surface area contributed by atoms with E-state index in [-0.39, 0.29) is 11.9 Å². The van der Waals surface area contributed by atoms with E-state index >= 15 is 0 Å². The fourth-order valence-electron chi connectivity index (χ4n) is 2.56. The largest absolute Gasteiger partial charge is 0.352 e. The van der Waals surface area contributed by atoms with Crippen molar-refractivity contribution < 1.29 is 4.79 Å². The van der Waals surface area contributed by atoms with E-state index in [0.29, 0.717) is 12.5 Å². The minimum atomic E-state index is 0.190. The van der Waals surface area contributed by atoms with Crippen LogP contribution in [0.15, 0.2) is 0 Å². The molecule has 1 heterocycles. The Bertz CT molecular complexity index is 250. The Morgan fingerprint density at radius 2 is 1.84 bits per heavy atom. The molecule has 1 atom stereocenters. The summed E-state index contributed by atoms with van der Waals surface area (Å²) in [5, 5.41) is 6.44. The number of amides is 1. The van der Waals surface area contributed by atoms with Crippen LogP contribution in [0.5, 0.6) is 0 Å². The predicted octanol–water partition coefficient (Wildman–Crippen LogP) is 1.76. The molecule has 1 fully saturated rings. The highest BCUT2D eigenvalue weighted by Gasteiger charge is 2.14. The van der Waals surface area contributed by atoms with Gasteiger partial charge in [0.1, 0.15) is 0 Å². The van der Waals surface area contributed by atoms with Gasteiger partial charge in [0.2, 0.25) is 5.91 Å². The molecule has 0 saturated carbocycles. The van der Waals surface area contributed by atoms with Crippen molar-refractivity contribution in [3.63, 3.8) is 0 Å². The van der Waals surface area contributed by atoms with Crippen molar-refractivity contribution in [2.45, 2.75) is 65.0 Å². The van der Waals surface area contributed by atoms with Gasteiger partial charge in [0.05, 0.1) is 0 Å². The second-order valence-electron chi connectivity index (χ2n) is 6.04. The van der Waals surface area contributed by atoms with Gasteiger partial charge in [0, 0.05) is 25.0 Å².